The van der Waals surface area contributed by atoms with E-state index < -0.39 is 0 Å². The van der Waals surface area contributed by atoms with Crippen molar-refractivity contribution < 1.29 is 0 Å². The normalized spacial score (nSPS) is 27.3. The second-order valence-electron chi connectivity index (χ2n) is 9.86. The molecule has 5 rings (SSSR count). The largest absolute Gasteiger partial charge is 0.0836 e. The first-order valence-corrected chi connectivity index (χ1v) is 12.6. The molecule has 0 saturated heterocycles. The van der Waals surface area contributed by atoms with E-state index in [2.05, 4.69) is 79.8 Å². The van der Waals surface area contributed by atoms with Crippen molar-refractivity contribution in [2.24, 2.45) is 11.8 Å². The van der Waals surface area contributed by atoms with E-state index in [4.69, 9.17) is 0 Å². The van der Waals surface area contributed by atoms with E-state index >= 15 is 0 Å². The van der Waals surface area contributed by atoms with Gasteiger partial charge in [-0.1, -0.05) is 92.6 Å². The first-order valence-electron chi connectivity index (χ1n) is 12.6. The minimum absolute atomic E-state index is 0.437. The summed E-state index contributed by atoms with van der Waals surface area (Å²) in [7, 11) is 0. The topological polar surface area (TPSA) is 0 Å². The molecule has 1 atom stereocenters. The average molecular weight is 409 g/mol. The summed E-state index contributed by atoms with van der Waals surface area (Å²) in [6, 6.07) is 9.61. The Morgan fingerprint density at radius 3 is 2.45 bits per heavy atom. The van der Waals surface area contributed by atoms with Crippen LogP contribution in [0.3, 0.4) is 0 Å². The maximum atomic E-state index is 2.42. The van der Waals surface area contributed by atoms with E-state index in [0.717, 1.165) is 18.3 Å². The molecule has 0 spiro atoms. The van der Waals surface area contributed by atoms with Gasteiger partial charge in [0.2, 0.25) is 0 Å². The van der Waals surface area contributed by atoms with Crippen LogP contribution in [0.25, 0.3) is 0 Å². The van der Waals surface area contributed by atoms with Crippen molar-refractivity contribution in [3.63, 3.8) is 0 Å². The van der Waals surface area contributed by atoms with Gasteiger partial charge in [-0.25, -0.2) is 0 Å². The van der Waals surface area contributed by atoms with Crippen molar-refractivity contribution in [3.8, 4) is 0 Å². The molecule has 0 bridgehead atoms. The average Bonchev–Trinajstić information content (AvgIpc) is 3.32. The Balaban J connectivity index is 1.27. The smallest absolute Gasteiger partial charge is 0.0281 e. The molecule has 1 aromatic carbocycles. The fourth-order valence-corrected chi connectivity index (χ4v) is 6.03. The first kappa shape index (κ1) is 20.6. The van der Waals surface area contributed by atoms with Gasteiger partial charge in [-0.2, -0.15) is 0 Å². The van der Waals surface area contributed by atoms with Crippen LogP contribution in [-0.4, -0.2) is 0 Å². The Labute approximate surface area is 188 Å². The molecule has 0 amide bonds. The predicted octanol–water partition coefficient (Wildman–Crippen LogP) is 8.56. The molecule has 0 heterocycles. The summed E-state index contributed by atoms with van der Waals surface area (Å²) in [6.45, 7) is 2.33. The van der Waals surface area contributed by atoms with Crippen molar-refractivity contribution in [1.29, 1.82) is 0 Å². The molecule has 1 fully saturated rings. The molecule has 1 saturated carbocycles. The SMILES string of the molecule is CCCC1CCC(c2ccc(CC3=CC=C(C4=CCCC=C4)C4C=CC=C34)cc2)CC1. The van der Waals surface area contributed by atoms with Gasteiger partial charge in [0, 0.05) is 5.92 Å². The monoisotopic (exact) mass is 408 g/mol. The maximum absolute atomic E-state index is 2.42. The number of hydrogen-bond donors (Lipinski definition) is 0. The van der Waals surface area contributed by atoms with Gasteiger partial charge in [-0.15, -0.1) is 0 Å². The number of fused-ring (bicyclic) bond motifs is 1. The molecule has 0 nitrogen and oxygen atoms in total. The van der Waals surface area contributed by atoms with Gasteiger partial charge in [-0.3, -0.25) is 0 Å². The predicted molar refractivity (Wildman–Crippen MR) is 133 cm³/mol. The molecule has 4 aliphatic carbocycles. The molecule has 4 aliphatic rings. The van der Waals surface area contributed by atoms with Crippen LogP contribution in [0.5, 0.6) is 0 Å². The van der Waals surface area contributed by atoms with Gasteiger partial charge < -0.3 is 0 Å². The van der Waals surface area contributed by atoms with Crippen LogP contribution in [-0.2, 0) is 6.42 Å². The van der Waals surface area contributed by atoms with E-state index in [1.54, 1.807) is 5.56 Å². The van der Waals surface area contributed by atoms with Gasteiger partial charge in [0.05, 0.1) is 0 Å². The molecule has 160 valence electrons. The van der Waals surface area contributed by atoms with E-state index in [1.165, 1.54) is 79.2 Å². The number of allylic oxidation sites excluding steroid dienone is 12. The molecule has 1 aromatic rings. The molecule has 0 radical (unpaired) electrons. The van der Waals surface area contributed by atoms with Gasteiger partial charge in [0.15, 0.2) is 0 Å². The standard InChI is InChI=1S/C31H36/c1-2-7-23-12-16-25(17-13-23)26-18-14-24(15-19-26)22-28-20-21-30(27-8-4-3-5-9-27)31-11-6-10-29(28)31/h4,6,8-11,14-15,18-21,23,25,31H,2-3,5,7,12-13,16-17,22H2,1H3. The van der Waals surface area contributed by atoms with Crippen LogP contribution in [0, 0.1) is 11.8 Å². The Morgan fingerprint density at radius 1 is 0.871 bits per heavy atom. The minimum Gasteiger partial charge on any atom is -0.0836 e. The lowest BCUT2D eigenvalue weighted by molar-refractivity contribution is 0.308. The highest BCUT2D eigenvalue weighted by Crippen LogP contribution is 2.41. The van der Waals surface area contributed by atoms with Crippen molar-refractivity contribution >= 4 is 0 Å². The summed E-state index contributed by atoms with van der Waals surface area (Å²) in [4.78, 5) is 0. The second-order valence-corrected chi connectivity index (χ2v) is 9.86. The fraction of sp³-hybridized carbons (Fsp3) is 0.419. The van der Waals surface area contributed by atoms with Crippen LogP contribution in [0.1, 0.15) is 75.3 Å². The molecule has 0 heteroatoms. The maximum Gasteiger partial charge on any atom is 0.0281 e. The van der Waals surface area contributed by atoms with Crippen molar-refractivity contribution in [2.45, 2.75) is 70.6 Å². The van der Waals surface area contributed by atoms with Crippen LogP contribution >= 0.6 is 0 Å². The van der Waals surface area contributed by atoms with Gasteiger partial charge in [-0.05, 0) is 90.2 Å². The number of benzene rings is 1. The van der Waals surface area contributed by atoms with E-state index in [1.807, 2.05) is 0 Å². The van der Waals surface area contributed by atoms with Crippen molar-refractivity contribution in [1.82, 2.24) is 0 Å². The summed E-state index contributed by atoms with van der Waals surface area (Å²) in [5.74, 6) is 2.20. The molecule has 31 heavy (non-hydrogen) atoms. The highest BCUT2D eigenvalue weighted by atomic mass is 14.3. The lowest BCUT2D eigenvalue weighted by Gasteiger charge is -2.29. The highest BCUT2D eigenvalue weighted by Gasteiger charge is 2.27. The summed E-state index contributed by atoms with van der Waals surface area (Å²) < 4.78 is 0. The second kappa shape index (κ2) is 9.43. The third-order valence-corrected chi connectivity index (χ3v) is 7.80. The molecule has 0 aliphatic heterocycles. The third-order valence-electron chi connectivity index (χ3n) is 7.80. The van der Waals surface area contributed by atoms with Gasteiger partial charge in [0.25, 0.3) is 0 Å². The van der Waals surface area contributed by atoms with E-state index in [-0.39, 0.29) is 0 Å². The summed E-state index contributed by atoms with van der Waals surface area (Å²) in [5, 5.41) is 0. The Bertz CT molecular complexity index is 965. The minimum atomic E-state index is 0.437. The molecular formula is C31H36. The zero-order valence-electron chi connectivity index (χ0n) is 19.0. The van der Waals surface area contributed by atoms with E-state index in [0.29, 0.717) is 5.92 Å². The molecule has 0 aromatic heterocycles. The third kappa shape index (κ3) is 4.49. The lowest BCUT2D eigenvalue weighted by atomic mass is 9.76. The Hall–Kier alpha value is -2.34. The van der Waals surface area contributed by atoms with E-state index in [9.17, 15) is 0 Å². The van der Waals surface area contributed by atoms with Crippen LogP contribution < -0.4 is 0 Å². The Kier molecular flexibility index (Phi) is 6.25. The fourth-order valence-electron chi connectivity index (χ4n) is 6.03. The molecular weight excluding hydrogens is 372 g/mol. The summed E-state index contributed by atoms with van der Waals surface area (Å²) >= 11 is 0. The Morgan fingerprint density at radius 2 is 1.71 bits per heavy atom. The molecule has 0 N–H and O–H groups in total. The zero-order chi connectivity index (χ0) is 21.0. The quantitative estimate of drug-likeness (QED) is 0.442. The van der Waals surface area contributed by atoms with Crippen molar-refractivity contribution in [2.75, 3.05) is 0 Å². The lowest BCUT2D eigenvalue weighted by Crippen LogP contribution is -2.13. The zero-order valence-corrected chi connectivity index (χ0v) is 19.0. The summed E-state index contributed by atoms with van der Waals surface area (Å²) in [6.07, 6.45) is 30.5. The van der Waals surface area contributed by atoms with Crippen LogP contribution in [0.2, 0.25) is 0 Å². The van der Waals surface area contributed by atoms with Crippen LogP contribution in [0.15, 0.2) is 95.2 Å². The van der Waals surface area contributed by atoms with Crippen LogP contribution in [0.4, 0.5) is 0 Å². The molecule has 1 unspecified atom stereocenters. The van der Waals surface area contributed by atoms with Gasteiger partial charge in [0.1, 0.15) is 0 Å². The van der Waals surface area contributed by atoms with Crippen molar-refractivity contribution in [3.05, 3.63) is 106 Å². The summed E-state index contributed by atoms with van der Waals surface area (Å²) in [5.41, 5.74) is 8.86. The number of rotatable bonds is 6. The highest BCUT2D eigenvalue weighted by molar-refractivity contribution is 5.60. The first-order chi connectivity index (χ1) is 15.3. The number of hydrogen-bond acceptors (Lipinski definition) is 0. The van der Waals surface area contributed by atoms with Gasteiger partial charge >= 0.3 is 0 Å².